The van der Waals surface area contributed by atoms with Crippen molar-refractivity contribution in [3.8, 4) is 0 Å². The summed E-state index contributed by atoms with van der Waals surface area (Å²) in [7, 11) is 0. The van der Waals surface area contributed by atoms with Crippen LogP contribution in [0.15, 0.2) is 6.33 Å². The number of hydrogen-bond donors (Lipinski definition) is 2. The largest absolute Gasteiger partial charge is 0.388 e. The zero-order valence-electron chi connectivity index (χ0n) is 10.7. The highest BCUT2D eigenvalue weighted by Crippen LogP contribution is 2.28. The Morgan fingerprint density at radius 1 is 1.33 bits per heavy atom. The predicted octanol–water partition coefficient (Wildman–Crippen LogP) is 2.29. The molecule has 100 valence electrons. The highest BCUT2D eigenvalue weighted by atomic mass is 19.1. The smallest absolute Gasteiger partial charge is 0.186 e. The van der Waals surface area contributed by atoms with E-state index < -0.39 is 11.4 Å². The first kappa shape index (κ1) is 13.2. The Bertz CT molecular complexity index is 405. The van der Waals surface area contributed by atoms with Crippen LogP contribution in [0.5, 0.6) is 0 Å². The summed E-state index contributed by atoms with van der Waals surface area (Å²) in [5.41, 5.74) is -0.315. The second-order valence-electron chi connectivity index (χ2n) is 4.98. The molecule has 1 fully saturated rings. The van der Waals surface area contributed by atoms with E-state index in [9.17, 15) is 9.50 Å². The molecule has 2 N–H and O–H groups in total. The lowest BCUT2D eigenvalue weighted by molar-refractivity contribution is 0.0166. The summed E-state index contributed by atoms with van der Waals surface area (Å²) in [5, 5.41) is 13.2. The second kappa shape index (κ2) is 5.61. The fourth-order valence-electron chi connectivity index (χ4n) is 2.41. The molecule has 0 atom stereocenters. The number of nitrogens with zero attached hydrogens (tertiary/aromatic N) is 2. The van der Waals surface area contributed by atoms with Gasteiger partial charge in [0.15, 0.2) is 11.6 Å². The van der Waals surface area contributed by atoms with Gasteiger partial charge in [-0.2, -0.15) is 0 Å². The number of aliphatic hydroxyl groups is 1. The maximum absolute atomic E-state index is 13.9. The Kier molecular flexibility index (Phi) is 4.11. The monoisotopic (exact) mass is 253 g/mol. The SMILES string of the molecule is CCc1ncnc(NCC2(O)CCCCC2)c1F. The molecule has 2 rings (SSSR count). The van der Waals surface area contributed by atoms with Gasteiger partial charge < -0.3 is 10.4 Å². The molecule has 0 aliphatic heterocycles. The van der Waals surface area contributed by atoms with Gasteiger partial charge in [0.25, 0.3) is 0 Å². The van der Waals surface area contributed by atoms with Crippen molar-refractivity contribution in [1.82, 2.24) is 9.97 Å². The fourth-order valence-corrected chi connectivity index (χ4v) is 2.41. The van der Waals surface area contributed by atoms with Gasteiger partial charge in [-0.1, -0.05) is 26.2 Å². The zero-order chi connectivity index (χ0) is 13.0. The van der Waals surface area contributed by atoms with Gasteiger partial charge in [-0.3, -0.25) is 0 Å². The highest BCUT2D eigenvalue weighted by molar-refractivity contribution is 5.37. The van der Waals surface area contributed by atoms with Gasteiger partial charge in [-0.15, -0.1) is 0 Å². The number of aryl methyl sites for hydroxylation is 1. The summed E-state index contributed by atoms with van der Waals surface area (Å²) in [6.45, 7) is 2.20. The van der Waals surface area contributed by atoms with Crippen LogP contribution in [0.2, 0.25) is 0 Å². The lowest BCUT2D eigenvalue weighted by atomic mass is 9.85. The maximum Gasteiger partial charge on any atom is 0.186 e. The highest BCUT2D eigenvalue weighted by Gasteiger charge is 2.29. The quantitative estimate of drug-likeness (QED) is 0.864. The molecule has 1 aliphatic rings. The molecule has 0 bridgehead atoms. The van der Waals surface area contributed by atoms with Crippen molar-refractivity contribution in [3.63, 3.8) is 0 Å². The molecule has 0 saturated heterocycles. The third-order valence-electron chi connectivity index (χ3n) is 3.57. The number of hydrogen-bond acceptors (Lipinski definition) is 4. The van der Waals surface area contributed by atoms with Crippen LogP contribution in [0.4, 0.5) is 10.2 Å². The van der Waals surface area contributed by atoms with Crippen LogP contribution in [0.1, 0.15) is 44.7 Å². The van der Waals surface area contributed by atoms with Crippen molar-refractivity contribution in [3.05, 3.63) is 17.8 Å². The van der Waals surface area contributed by atoms with Crippen molar-refractivity contribution >= 4 is 5.82 Å². The van der Waals surface area contributed by atoms with E-state index in [1.165, 1.54) is 12.7 Å². The van der Waals surface area contributed by atoms with E-state index in [1.54, 1.807) is 0 Å². The summed E-state index contributed by atoms with van der Waals surface area (Å²) in [6.07, 6.45) is 6.67. The molecule has 0 amide bonds. The van der Waals surface area contributed by atoms with E-state index in [-0.39, 0.29) is 5.82 Å². The molecular weight excluding hydrogens is 233 g/mol. The minimum atomic E-state index is -0.720. The van der Waals surface area contributed by atoms with Crippen LogP contribution < -0.4 is 5.32 Å². The van der Waals surface area contributed by atoms with Crippen molar-refractivity contribution in [2.75, 3.05) is 11.9 Å². The molecule has 1 aromatic heterocycles. The number of rotatable bonds is 4. The average molecular weight is 253 g/mol. The third-order valence-corrected chi connectivity index (χ3v) is 3.57. The Morgan fingerprint density at radius 2 is 2.06 bits per heavy atom. The van der Waals surface area contributed by atoms with E-state index in [0.717, 1.165) is 25.7 Å². The van der Waals surface area contributed by atoms with Crippen molar-refractivity contribution in [1.29, 1.82) is 0 Å². The normalized spacial score (nSPS) is 18.6. The molecule has 1 heterocycles. The van der Waals surface area contributed by atoms with Gasteiger partial charge in [0.2, 0.25) is 0 Å². The molecule has 18 heavy (non-hydrogen) atoms. The molecule has 1 aliphatic carbocycles. The standard InChI is InChI=1S/C13H20FN3O/c1-2-10-11(14)12(17-9-16-10)15-8-13(18)6-4-3-5-7-13/h9,18H,2-8H2,1H3,(H,15,16,17). The minimum Gasteiger partial charge on any atom is -0.388 e. The van der Waals surface area contributed by atoms with Crippen LogP contribution in [0.25, 0.3) is 0 Å². The molecule has 5 heteroatoms. The molecule has 0 radical (unpaired) electrons. The Hall–Kier alpha value is -1.23. The van der Waals surface area contributed by atoms with Gasteiger partial charge in [0, 0.05) is 6.54 Å². The molecule has 0 aromatic carbocycles. The molecule has 4 nitrogen and oxygen atoms in total. The van der Waals surface area contributed by atoms with Gasteiger partial charge in [0.05, 0.1) is 11.3 Å². The van der Waals surface area contributed by atoms with Crippen molar-refractivity contribution in [2.24, 2.45) is 0 Å². The maximum atomic E-state index is 13.9. The van der Waals surface area contributed by atoms with Gasteiger partial charge in [-0.05, 0) is 19.3 Å². The number of nitrogens with one attached hydrogen (secondary N) is 1. The average Bonchev–Trinajstić information content (AvgIpc) is 2.38. The molecule has 1 aromatic rings. The van der Waals surface area contributed by atoms with Crippen LogP contribution in [-0.4, -0.2) is 27.2 Å². The first-order valence-corrected chi connectivity index (χ1v) is 6.60. The van der Waals surface area contributed by atoms with Gasteiger partial charge >= 0.3 is 0 Å². The summed E-state index contributed by atoms with van der Waals surface area (Å²) >= 11 is 0. The summed E-state index contributed by atoms with van der Waals surface area (Å²) < 4.78 is 13.9. The van der Waals surface area contributed by atoms with E-state index in [4.69, 9.17) is 0 Å². The number of anilines is 1. The van der Waals surface area contributed by atoms with Crippen LogP contribution in [-0.2, 0) is 6.42 Å². The lowest BCUT2D eigenvalue weighted by Gasteiger charge is -2.32. The Labute approximate surface area is 107 Å². The molecule has 0 unspecified atom stereocenters. The fraction of sp³-hybridized carbons (Fsp3) is 0.692. The Balaban J connectivity index is 2.01. The van der Waals surface area contributed by atoms with E-state index >= 15 is 0 Å². The minimum absolute atomic E-state index is 0.195. The first-order valence-electron chi connectivity index (χ1n) is 6.60. The summed E-state index contributed by atoms with van der Waals surface area (Å²) in [6, 6.07) is 0. The zero-order valence-corrected chi connectivity index (χ0v) is 10.7. The molecular formula is C13H20FN3O. The Morgan fingerprint density at radius 3 is 2.72 bits per heavy atom. The topological polar surface area (TPSA) is 58.0 Å². The summed E-state index contributed by atoms with van der Waals surface area (Å²) in [5.74, 6) is -0.208. The second-order valence-corrected chi connectivity index (χ2v) is 4.98. The molecule has 0 spiro atoms. The van der Waals surface area contributed by atoms with E-state index in [0.29, 0.717) is 18.7 Å². The van der Waals surface area contributed by atoms with Gasteiger partial charge in [-0.25, -0.2) is 14.4 Å². The third kappa shape index (κ3) is 2.96. The number of halogens is 1. The van der Waals surface area contributed by atoms with Crippen molar-refractivity contribution < 1.29 is 9.50 Å². The number of aromatic nitrogens is 2. The van der Waals surface area contributed by atoms with Crippen LogP contribution in [0.3, 0.4) is 0 Å². The van der Waals surface area contributed by atoms with Crippen LogP contribution >= 0.6 is 0 Å². The predicted molar refractivity (Wildman–Crippen MR) is 67.9 cm³/mol. The van der Waals surface area contributed by atoms with Crippen molar-refractivity contribution in [2.45, 2.75) is 51.0 Å². The first-order chi connectivity index (χ1) is 8.64. The van der Waals surface area contributed by atoms with E-state index in [1.807, 2.05) is 6.92 Å². The van der Waals surface area contributed by atoms with Gasteiger partial charge in [0.1, 0.15) is 6.33 Å². The summed E-state index contributed by atoms with van der Waals surface area (Å²) in [4.78, 5) is 7.77. The molecule has 1 saturated carbocycles. The van der Waals surface area contributed by atoms with E-state index in [2.05, 4.69) is 15.3 Å². The van der Waals surface area contributed by atoms with Crippen LogP contribution in [0, 0.1) is 5.82 Å². The lowest BCUT2D eigenvalue weighted by Crippen LogP contribution is -2.39.